The summed E-state index contributed by atoms with van der Waals surface area (Å²) in [4.78, 5) is 14.6. The Morgan fingerprint density at radius 1 is 1.31 bits per heavy atom. The second kappa shape index (κ2) is 4.23. The monoisotopic (exact) mass is 215 g/mol. The van der Waals surface area contributed by atoms with Gasteiger partial charge in [0.25, 0.3) is 0 Å². The lowest BCUT2D eigenvalue weighted by molar-refractivity contribution is 0.111. The van der Waals surface area contributed by atoms with Gasteiger partial charge in [0.2, 0.25) is 0 Å². The van der Waals surface area contributed by atoms with Crippen LogP contribution in [0.3, 0.4) is 0 Å². The number of hydrogen-bond donors (Lipinski definition) is 0. The van der Waals surface area contributed by atoms with Crippen molar-refractivity contribution in [1.29, 1.82) is 0 Å². The fourth-order valence-corrected chi connectivity index (χ4v) is 1.51. The molecule has 0 spiro atoms. The van der Waals surface area contributed by atoms with Crippen LogP contribution in [-0.4, -0.2) is 11.3 Å². The van der Waals surface area contributed by atoms with Crippen LogP contribution < -0.4 is 0 Å². The van der Waals surface area contributed by atoms with Gasteiger partial charge in [-0.3, -0.25) is 9.78 Å². The fraction of sp³-hybridized carbons (Fsp3) is 0.0769. The molecule has 0 radical (unpaired) electrons. The fourth-order valence-electron chi connectivity index (χ4n) is 1.51. The lowest BCUT2D eigenvalue weighted by Crippen LogP contribution is -1.92. The van der Waals surface area contributed by atoms with Crippen molar-refractivity contribution in [2.75, 3.05) is 0 Å². The largest absolute Gasteiger partial charge is 0.298 e. The van der Waals surface area contributed by atoms with Crippen molar-refractivity contribution in [3.05, 3.63) is 53.5 Å². The molecule has 2 rings (SSSR count). The third kappa shape index (κ3) is 1.98. The van der Waals surface area contributed by atoms with Crippen molar-refractivity contribution >= 4 is 6.29 Å². The van der Waals surface area contributed by atoms with Crippen LogP contribution in [0, 0.1) is 12.7 Å². The summed E-state index contributed by atoms with van der Waals surface area (Å²) in [5.41, 5.74) is 2.61. The molecule has 80 valence electrons. The van der Waals surface area contributed by atoms with E-state index in [4.69, 9.17) is 0 Å². The summed E-state index contributed by atoms with van der Waals surface area (Å²) in [5.74, 6) is -0.591. The van der Waals surface area contributed by atoms with Gasteiger partial charge < -0.3 is 0 Å². The molecule has 0 saturated heterocycles. The zero-order valence-corrected chi connectivity index (χ0v) is 8.77. The average Bonchev–Trinajstić information content (AvgIpc) is 2.29. The SMILES string of the molecule is Cc1cccc(-c2cc(C=O)c(F)cn2)c1. The van der Waals surface area contributed by atoms with E-state index >= 15 is 0 Å². The first-order valence-electron chi connectivity index (χ1n) is 4.88. The smallest absolute Gasteiger partial charge is 0.153 e. The van der Waals surface area contributed by atoms with E-state index in [2.05, 4.69) is 4.98 Å². The van der Waals surface area contributed by atoms with Crippen molar-refractivity contribution in [3.63, 3.8) is 0 Å². The van der Waals surface area contributed by atoms with E-state index in [0.717, 1.165) is 17.3 Å². The minimum Gasteiger partial charge on any atom is -0.298 e. The Labute approximate surface area is 92.8 Å². The summed E-state index contributed by atoms with van der Waals surface area (Å²) in [7, 11) is 0. The predicted octanol–water partition coefficient (Wildman–Crippen LogP) is 3.01. The van der Waals surface area contributed by atoms with E-state index in [1.54, 1.807) is 0 Å². The molecule has 2 nitrogen and oxygen atoms in total. The summed E-state index contributed by atoms with van der Waals surface area (Å²) in [6.45, 7) is 1.97. The Hall–Kier alpha value is -2.03. The third-order valence-electron chi connectivity index (χ3n) is 2.33. The molecule has 0 fully saturated rings. The number of aryl methyl sites for hydroxylation is 1. The van der Waals surface area contributed by atoms with Crippen molar-refractivity contribution in [2.45, 2.75) is 6.92 Å². The normalized spacial score (nSPS) is 10.1. The Morgan fingerprint density at radius 3 is 2.81 bits per heavy atom. The van der Waals surface area contributed by atoms with Gasteiger partial charge in [0.05, 0.1) is 17.5 Å². The Bertz CT molecular complexity index is 537. The lowest BCUT2D eigenvalue weighted by atomic mass is 10.1. The molecule has 1 heterocycles. The first-order valence-corrected chi connectivity index (χ1v) is 4.88. The van der Waals surface area contributed by atoms with Crippen LogP contribution in [0.1, 0.15) is 15.9 Å². The molecule has 0 amide bonds. The molecule has 0 N–H and O–H groups in total. The molecule has 16 heavy (non-hydrogen) atoms. The van der Waals surface area contributed by atoms with Gasteiger partial charge in [0.15, 0.2) is 12.1 Å². The van der Waals surface area contributed by atoms with Crippen LogP contribution in [0.5, 0.6) is 0 Å². The highest BCUT2D eigenvalue weighted by Gasteiger charge is 2.05. The first kappa shape index (κ1) is 10.5. The maximum atomic E-state index is 13.1. The van der Waals surface area contributed by atoms with Crippen molar-refractivity contribution in [1.82, 2.24) is 4.98 Å². The van der Waals surface area contributed by atoms with Gasteiger partial charge >= 0.3 is 0 Å². The van der Waals surface area contributed by atoms with Gasteiger partial charge in [-0.25, -0.2) is 4.39 Å². The van der Waals surface area contributed by atoms with Crippen LogP contribution >= 0.6 is 0 Å². The zero-order chi connectivity index (χ0) is 11.5. The van der Waals surface area contributed by atoms with Crippen LogP contribution in [0.4, 0.5) is 4.39 Å². The molecule has 0 aliphatic rings. The number of carbonyl (C=O) groups excluding carboxylic acids is 1. The topological polar surface area (TPSA) is 30.0 Å². The highest BCUT2D eigenvalue weighted by molar-refractivity contribution is 5.78. The van der Waals surface area contributed by atoms with Crippen molar-refractivity contribution < 1.29 is 9.18 Å². The maximum Gasteiger partial charge on any atom is 0.153 e. The lowest BCUT2D eigenvalue weighted by Gasteiger charge is -2.03. The predicted molar refractivity (Wildman–Crippen MR) is 59.8 cm³/mol. The standard InChI is InChI=1S/C13H10FNO/c1-9-3-2-4-10(5-9)13-6-11(8-16)12(14)7-15-13/h2-8H,1H3. The number of nitrogens with zero attached hydrogens (tertiary/aromatic N) is 1. The minimum atomic E-state index is -0.591. The van der Waals surface area contributed by atoms with Gasteiger partial charge in [-0.15, -0.1) is 0 Å². The van der Waals surface area contributed by atoms with E-state index in [1.165, 1.54) is 6.07 Å². The molecule has 0 aliphatic heterocycles. The molecular formula is C13H10FNO. The van der Waals surface area contributed by atoms with E-state index < -0.39 is 5.82 Å². The molecule has 0 aliphatic carbocycles. The third-order valence-corrected chi connectivity index (χ3v) is 2.33. The van der Waals surface area contributed by atoms with Crippen LogP contribution in [0.2, 0.25) is 0 Å². The van der Waals surface area contributed by atoms with E-state index in [-0.39, 0.29) is 5.56 Å². The van der Waals surface area contributed by atoms with Gasteiger partial charge in [-0.2, -0.15) is 0 Å². The van der Waals surface area contributed by atoms with Crippen LogP contribution in [0.15, 0.2) is 36.5 Å². The molecular weight excluding hydrogens is 205 g/mol. The summed E-state index contributed by atoms with van der Waals surface area (Å²) < 4.78 is 13.1. The van der Waals surface area contributed by atoms with Crippen LogP contribution in [-0.2, 0) is 0 Å². The molecule has 1 aromatic heterocycles. The molecule has 0 unspecified atom stereocenters. The Balaban J connectivity index is 2.52. The molecule has 0 saturated carbocycles. The van der Waals surface area contributed by atoms with Gasteiger partial charge in [0, 0.05) is 5.56 Å². The molecule has 2 aromatic rings. The number of benzene rings is 1. The van der Waals surface area contributed by atoms with E-state index in [1.807, 2.05) is 31.2 Å². The Kier molecular flexibility index (Phi) is 2.77. The number of rotatable bonds is 2. The van der Waals surface area contributed by atoms with E-state index in [9.17, 15) is 9.18 Å². The van der Waals surface area contributed by atoms with Crippen molar-refractivity contribution in [2.24, 2.45) is 0 Å². The van der Waals surface area contributed by atoms with E-state index in [0.29, 0.717) is 12.0 Å². The Morgan fingerprint density at radius 2 is 2.12 bits per heavy atom. The number of aldehydes is 1. The second-order valence-corrected chi connectivity index (χ2v) is 3.58. The molecule has 1 aromatic carbocycles. The summed E-state index contributed by atoms with van der Waals surface area (Å²) >= 11 is 0. The van der Waals surface area contributed by atoms with Crippen molar-refractivity contribution in [3.8, 4) is 11.3 Å². The maximum absolute atomic E-state index is 13.1. The van der Waals surface area contributed by atoms with Crippen LogP contribution in [0.25, 0.3) is 11.3 Å². The molecule has 3 heteroatoms. The number of halogens is 1. The summed E-state index contributed by atoms with van der Waals surface area (Å²) in [6.07, 6.45) is 1.57. The summed E-state index contributed by atoms with van der Waals surface area (Å²) in [5, 5.41) is 0. The molecule has 0 bridgehead atoms. The minimum absolute atomic E-state index is 0.0338. The second-order valence-electron chi connectivity index (χ2n) is 3.58. The number of pyridine rings is 1. The number of hydrogen-bond acceptors (Lipinski definition) is 2. The summed E-state index contributed by atoms with van der Waals surface area (Å²) in [6, 6.07) is 9.14. The quantitative estimate of drug-likeness (QED) is 0.721. The molecule has 0 atom stereocenters. The first-order chi connectivity index (χ1) is 7.70. The van der Waals surface area contributed by atoms with Gasteiger partial charge in [-0.05, 0) is 19.1 Å². The van der Waals surface area contributed by atoms with Gasteiger partial charge in [-0.1, -0.05) is 23.8 Å². The highest BCUT2D eigenvalue weighted by Crippen LogP contribution is 2.19. The number of aromatic nitrogens is 1. The zero-order valence-electron chi connectivity index (χ0n) is 8.77. The highest BCUT2D eigenvalue weighted by atomic mass is 19.1. The average molecular weight is 215 g/mol. The number of carbonyl (C=O) groups is 1. The van der Waals surface area contributed by atoms with Gasteiger partial charge in [0.1, 0.15) is 0 Å².